The average molecular weight is 440 g/mol. The van der Waals surface area contributed by atoms with Crippen molar-refractivity contribution in [3.05, 3.63) is 76.1 Å². The molecule has 32 heavy (non-hydrogen) atoms. The number of nitrogens with zero attached hydrogens (tertiary/aromatic N) is 2. The van der Waals surface area contributed by atoms with Crippen LogP contribution < -0.4 is 16.2 Å². The minimum Gasteiger partial charge on any atom is -0.326 e. The van der Waals surface area contributed by atoms with Gasteiger partial charge in [-0.3, -0.25) is 14.4 Å². The van der Waals surface area contributed by atoms with Crippen LogP contribution in [-0.2, 0) is 16.0 Å². The Bertz CT molecular complexity index is 1220. The lowest BCUT2D eigenvalue weighted by molar-refractivity contribution is -0.119. The van der Waals surface area contributed by atoms with Crippen LogP contribution in [0.2, 0.25) is 0 Å². The fraction of sp³-hybridized carbons (Fsp3) is 0.217. The number of amides is 2. The number of benzene rings is 2. The van der Waals surface area contributed by atoms with Gasteiger partial charge in [0.05, 0.1) is 5.69 Å². The summed E-state index contributed by atoms with van der Waals surface area (Å²) in [6, 6.07) is 10.2. The van der Waals surface area contributed by atoms with Crippen molar-refractivity contribution in [2.75, 3.05) is 10.6 Å². The Labute approximate surface area is 183 Å². The van der Waals surface area contributed by atoms with E-state index >= 15 is 0 Å². The minimum absolute atomic E-state index is 0.222. The normalized spacial score (nSPS) is 11.7. The van der Waals surface area contributed by atoms with Crippen LogP contribution in [0.1, 0.15) is 32.4 Å². The van der Waals surface area contributed by atoms with E-state index in [2.05, 4.69) is 15.7 Å². The van der Waals surface area contributed by atoms with Gasteiger partial charge >= 0.3 is 0 Å². The van der Waals surface area contributed by atoms with Gasteiger partial charge in [0.15, 0.2) is 0 Å². The van der Waals surface area contributed by atoms with Crippen molar-refractivity contribution in [3.8, 4) is 11.3 Å². The van der Waals surface area contributed by atoms with Crippen molar-refractivity contribution in [2.45, 2.75) is 33.2 Å². The largest absolute Gasteiger partial charge is 0.326 e. The van der Waals surface area contributed by atoms with Gasteiger partial charge in [0.1, 0.15) is 23.4 Å². The molecule has 7 nitrogen and oxygen atoms in total. The number of hydrogen-bond donors (Lipinski definition) is 2. The molecule has 0 saturated carbocycles. The summed E-state index contributed by atoms with van der Waals surface area (Å²) in [5, 5.41) is 9.21. The topological polar surface area (TPSA) is 93.1 Å². The fourth-order valence-corrected chi connectivity index (χ4v) is 3.16. The number of hydrogen-bond acceptors (Lipinski definition) is 4. The lowest BCUT2D eigenvalue weighted by atomic mass is 10.0. The number of aromatic nitrogens is 2. The summed E-state index contributed by atoms with van der Waals surface area (Å²) in [5.74, 6) is -2.89. The summed E-state index contributed by atoms with van der Waals surface area (Å²) >= 11 is 0. The zero-order valence-corrected chi connectivity index (χ0v) is 17.8. The van der Waals surface area contributed by atoms with E-state index < -0.39 is 34.8 Å². The first kappa shape index (κ1) is 22.8. The molecule has 0 bridgehead atoms. The van der Waals surface area contributed by atoms with Gasteiger partial charge in [0.2, 0.25) is 11.8 Å². The molecule has 1 atom stereocenters. The maximum atomic E-state index is 13.9. The highest BCUT2D eigenvalue weighted by Crippen LogP contribution is 2.25. The minimum atomic E-state index is -1.15. The smallest absolute Gasteiger partial charge is 0.267 e. The van der Waals surface area contributed by atoms with Gasteiger partial charge in [-0.25, -0.2) is 13.5 Å². The van der Waals surface area contributed by atoms with E-state index in [4.69, 9.17) is 0 Å². The quantitative estimate of drug-likeness (QED) is 0.608. The van der Waals surface area contributed by atoms with E-state index in [0.717, 1.165) is 22.4 Å². The molecule has 1 aromatic heterocycles. The van der Waals surface area contributed by atoms with E-state index in [9.17, 15) is 23.2 Å². The summed E-state index contributed by atoms with van der Waals surface area (Å²) < 4.78 is 28.7. The summed E-state index contributed by atoms with van der Waals surface area (Å²) in [6.07, 6.45) is 0.701. The molecule has 0 aliphatic heterocycles. The Morgan fingerprint density at radius 3 is 2.38 bits per heavy atom. The van der Waals surface area contributed by atoms with E-state index in [1.54, 1.807) is 12.1 Å². The van der Waals surface area contributed by atoms with E-state index in [0.29, 0.717) is 23.4 Å². The van der Waals surface area contributed by atoms with Crippen LogP contribution in [0.15, 0.2) is 53.3 Å². The van der Waals surface area contributed by atoms with Crippen LogP contribution >= 0.6 is 0 Å². The SMILES string of the molecule is CCc1ccc(-c2ccc(=O)n([C@H](C)C(=O)Nc3c(F)cccc3F)n2)cc1NC(C)=O. The van der Waals surface area contributed by atoms with Crippen molar-refractivity contribution in [3.63, 3.8) is 0 Å². The Balaban J connectivity index is 1.94. The molecule has 0 aliphatic carbocycles. The van der Waals surface area contributed by atoms with Gasteiger partial charge in [0.25, 0.3) is 5.56 Å². The first-order chi connectivity index (χ1) is 15.2. The predicted molar refractivity (Wildman–Crippen MR) is 117 cm³/mol. The second-order valence-corrected chi connectivity index (χ2v) is 7.17. The van der Waals surface area contributed by atoms with E-state index in [-0.39, 0.29) is 5.91 Å². The number of carbonyl (C=O) groups excluding carboxylic acids is 2. The molecule has 3 aromatic rings. The molecule has 0 fully saturated rings. The van der Waals surface area contributed by atoms with Crippen LogP contribution in [0.3, 0.4) is 0 Å². The maximum Gasteiger partial charge on any atom is 0.267 e. The number of carbonyl (C=O) groups is 2. The van der Waals surface area contributed by atoms with Crippen molar-refractivity contribution in [1.29, 1.82) is 0 Å². The van der Waals surface area contributed by atoms with Crippen LogP contribution in [0.4, 0.5) is 20.2 Å². The molecule has 0 unspecified atom stereocenters. The molecule has 0 saturated heterocycles. The first-order valence-corrected chi connectivity index (χ1v) is 9.97. The van der Waals surface area contributed by atoms with E-state index in [1.165, 1.54) is 32.0 Å². The molecular formula is C23H22F2N4O3. The van der Waals surface area contributed by atoms with Crippen LogP contribution in [0.25, 0.3) is 11.3 Å². The standard InChI is InChI=1S/C23H22F2N4O3/c1-4-15-8-9-16(12-20(15)26-14(3)30)19-10-11-21(31)29(28-19)13(2)23(32)27-22-17(24)6-5-7-18(22)25/h5-13H,4H2,1-3H3,(H,26,30)(H,27,32)/t13-/m1/s1. The number of anilines is 2. The van der Waals surface area contributed by atoms with Crippen molar-refractivity contribution < 1.29 is 18.4 Å². The fourth-order valence-electron chi connectivity index (χ4n) is 3.16. The number of rotatable bonds is 6. The zero-order chi connectivity index (χ0) is 23.4. The number of nitrogens with one attached hydrogen (secondary N) is 2. The molecule has 166 valence electrons. The van der Waals surface area contributed by atoms with Gasteiger partial charge in [0, 0.05) is 24.2 Å². The molecule has 9 heteroatoms. The highest BCUT2D eigenvalue weighted by atomic mass is 19.1. The first-order valence-electron chi connectivity index (χ1n) is 9.97. The Morgan fingerprint density at radius 2 is 1.75 bits per heavy atom. The monoisotopic (exact) mass is 440 g/mol. The van der Waals surface area contributed by atoms with Gasteiger partial charge in [-0.05, 0) is 43.2 Å². The molecule has 3 rings (SSSR count). The lowest BCUT2D eigenvalue weighted by Crippen LogP contribution is -2.33. The van der Waals surface area contributed by atoms with Crippen LogP contribution in [-0.4, -0.2) is 21.6 Å². The van der Waals surface area contributed by atoms with Crippen molar-refractivity contribution in [2.24, 2.45) is 0 Å². The van der Waals surface area contributed by atoms with E-state index in [1.807, 2.05) is 13.0 Å². The second kappa shape index (κ2) is 9.51. The zero-order valence-electron chi connectivity index (χ0n) is 17.8. The number of halogens is 2. The van der Waals surface area contributed by atoms with Crippen LogP contribution in [0, 0.1) is 11.6 Å². The Hall–Kier alpha value is -3.88. The predicted octanol–water partition coefficient (Wildman–Crippen LogP) is 3.91. The molecule has 2 aromatic carbocycles. The Kier molecular flexibility index (Phi) is 6.77. The third-order valence-corrected chi connectivity index (χ3v) is 4.88. The molecule has 1 heterocycles. The summed E-state index contributed by atoms with van der Waals surface area (Å²) in [4.78, 5) is 36.5. The third-order valence-electron chi connectivity index (χ3n) is 4.88. The number of aryl methyl sites for hydroxylation is 1. The Morgan fingerprint density at radius 1 is 1.06 bits per heavy atom. The van der Waals surface area contributed by atoms with Crippen molar-refractivity contribution in [1.82, 2.24) is 9.78 Å². The summed E-state index contributed by atoms with van der Waals surface area (Å²) in [5.41, 5.74) is 1.40. The molecule has 2 N–H and O–H groups in total. The molecule has 2 amide bonds. The van der Waals surface area contributed by atoms with Gasteiger partial charge < -0.3 is 10.6 Å². The molecular weight excluding hydrogens is 418 g/mol. The van der Waals surface area contributed by atoms with Gasteiger partial charge in [-0.1, -0.05) is 25.1 Å². The van der Waals surface area contributed by atoms with Gasteiger partial charge in [-0.2, -0.15) is 5.10 Å². The van der Waals surface area contributed by atoms with Crippen molar-refractivity contribution >= 4 is 23.2 Å². The highest BCUT2D eigenvalue weighted by Gasteiger charge is 2.21. The number of para-hydroxylation sites is 1. The second-order valence-electron chi connectivity index (χ2n) is 7.17. The molecule has 0 spiro atoms. The maximum absolute atomic E-state index is 13.9. The average Bonchev–Trinajstić information content (AvgIpc) is 2.75. The highest BCUT2D eigenvalue weighted by molar-refractivity contribution is 5.93. The summed E-state index contributed by atoms with van der Waals surface area (Å²) in [6.45, 7) is 4.76. The summed E-state index contributed by atoms with van der Waals surface area (Å²) in [7, 11) is 0. The molecule has 0 radical (unpaired) electrons. The van der Waals surface area contributed by atoms with Gasteiger partial charge in [-0.15, -0.1) is 0 Å². The lowest BCUT2D eigenvalue weighted by Gasteiger charge is -2.16. The molecule has 0 aliphatic rings. The third kappa shape index (κ3) is 4.88. The van der Waals surface area contributed by atoms with Crippen LogP contribution in [0.5, 0.6) is 0 Å².